The molecule has 0 aliphatic carbocycles. The van der Waals surface area contributed by atoms with E-state index in [1.807, 2.05) is 18.2 Å². The van der Waals surface area contributed by atoms with Gasteiger partial charge in [0.1, 0.15) is 5.75 Å². The van der Waals surface area contributed by atoms with Gasteiger partial charge in [0.2, 0.25) is 0 Å². The number of carbonyl (C=O) groups excluding carboxylic acids is 1. The SMILES string of the molecule is COc1cc(C=NNC(=O)c2ccncc2)ccc1OCCCOc1ccc(Cl)cc1. The number of carbonyl (C=O) groups is 1. The van der Waals surface area contributed by atoms with Crippen molar-refractivity contribution in [3.05, 3.63) is 83.1 Å². The minimum Gasteiger partial charge on any atom is -0.493 e. The third kappa shape index (κ3) is 7.01. The summed E-state index contributed by atoms with van der Waals surface area (Å²) in [7, 11) is 1.57. The van der Waals surface area contributed by atoms with E-state index in [-0.39, 0.29) is 5.91 Å². The molecule has 3 aromatic rings. The number of nitrogens with one attached hydrogen (secondary N) is 1. The maximum atomic E-state index is 12.0. The van der Waals surface area contributed by atoms with Gasteiger partial charge in [0.25, 0.3) is 5.91 Å². The Morgan fingerprint density at radius 2 is 1.77 bits per heavy atom. The number of hydrazone groups is 1. The van der Waals surface area contributed by atoms with Gasteiger partial charge in [-0.15, -0.1) is 0 Å². The van der Waals surface area contributed by atoms with Crippen LogP contribution in [0.15, 0.2) is 72.1 Å². The fourth-order valence-electron chi connectivity index (χ4n) is 2.58. The summed E-state index contributed by atoms with van der Waals surface area (Å²) in [5.74, 6) is 1.64. The molecule has 0 aliphatic rings. The average molecular weight is 440 g/mol. The minimum atomic E-state index is -0.314. The number of aromatic nitrogens is 1. The van der Waals surface area contributed by atoms with Crippen LogP contribution in [0.2, 0.25) is 5.02 Å². The lowest BCUT2D eigenvalue weighted by atomic mass is 10.2. The van der Waals surface area contributed by atoms with Crippen molar-refractivity contribution in [1.82, 2.24) is 10.4 Å². The van der Waals surface area contributed by atoms with E-state index in [0.717, 1.165) is 11.3 Å². The smallest absolute Gasteiger partial charge is 0.271 e. The van der Waals surface area contributed by atoms with Gasteiger partial charge in [-0.3, -0.25) is 9.78 Å². The van der Waals surface area contributed by atoms with Crippen LogP contribution in [-0.2, 0) is 0 Å². The van der Waals surface area contributed by atoms with Gasteiger partial charge in [0, 0.05) is 29.4 Å². The number of rotatable bonds is 10. The summed E-state index contributed by atoms with van der Waals surface area (Å²) in [6.07, 6.45) is 5.33. The molecule has 160 valence electrons. The molecule has 1 N–H and O–H groups in total. The van der Waals surface area contributed by atoms with E-state index in [1.54, 1.807) is 55.9 Å². The van der Waals surface area contributed by atoms with E-state index in [4.69, 9.17) is 25.8 Å². The molecule has 1 amide bonds. The lowest BCUT2D eigenvalue weighted by Gasteiger charge is -2.12. The Bertz CT molecular complexity index is 1010. The van der Waals surface area contributed by atoms with Gasteiger partial charge in [-0.1, -0.05) is 11.6 Å². The first-order chi connectivity index (χ1) is 15.2. The fraction of sp³-hybridized carbons (Fsp3) is 0.174. The van der Waals surface area contributed by atoms with Crippen LogP contribution >= 0.6 is 11.6 Å². The van der Waals surface area contributed by atoms with E-state index >= 15 is 0 Å². The predicted octanol–water partition coefficient (Wildman–Crippen LogP) is 4.36. The highest BCUT2D eigenvalue weighted by Gasteiger charge is 2.06. The summed E-state index contributed by atoms with van der Waals surface area (Å²) in [5.41, 5.74) is 3.71. The predicted molar refractivity (Wildman–Crippen MR) is 119 cm³/mol. The number of hydrogen-bond donors (Lipinski definition) is 1. The Labute approximate surface area is 185 Å². The summed E-state index contributed by atoms with van der Waals surface area (Å²) in [5, 5.41) is 4.65. The Hall–Kier alpha value is -3.58. The lowest BCUT2D eigenvalue weighted by molar-refractivity contribution is 0.0955. The quantitative estimate of drug-likeness (QED) is 0.288. The molecule has 3 rings (SSSR count). The molecule has 0 saturated carbocycles. The van der Waals surface area contributed by atoms with Crippen LogP contribution in [0.4, 0.5) is 0 Å². The van der Waals surface area contributed by atoms with Crippen LogP contribution in [0.1, 0.15) is 22.3 Å². The van der Waals surface area contributed by atoms with Crippen molar-refractivity contribution in [1.29, 1.82) is 0 Å². The van der Waals surface area contributed by atoms with Crippen LogP contribution in [-0.4, -0.2) is 37.4 Å². The van der Waals surface area contributed by atoms with Gasteiger partial charge in [0.15, 0.2) is 11.5 Å². The number of benzene rings is 2. The third-order valence-electron chi connectivity index (χ3n) is 4.14. The second kappa shape index (κ2) is 11.6. The number of hydrogen-bond acceptors (Lipinski definition) is 6. The minimum absolute atomic E-state index is 0.314. The number of methoxy groups -OCH3 is 1. The Balaban J connectivity index is 1.46. The number of amides is 1. The van der Waals surface area contributed by atoms with Crippen molar-refractivity contribution in [3.8, 4) is 17.2 Å². The number of ether oxygens (including phenoxy) is 3. The molecule has 1 heterocycles. The fourth-order valence-corrected chi connectivity index (χ4v) is 2.70. The molecule has 7 nitrogen and oxygen atoms in total. The van der Waals surface area contributed by atoms with Gasteiger partial charge >= 0.3 is 0 Å². The second-order valence-electron chi connectivity index (χ2n) is 6.35. The maximum absolute atomic E-state index is 12.0. The van der Waals surface area contributed by atoms with Gasteiger partial charge in [-0.05, 0) is 60.2 Å². The molecule has 0 aliphatic heterocycles. The molecule has 1 aromatic heterocycles. The summed E-state index contributed by atoms with van der Waals surface area (Å²) in [6, 6.07) is 15.8. The van der Waals surface area contributed by atoms with E-state index < -0.39 is 0 Å². The molecule has 2 aromatic carbocycles. The van der Waals surface area contributed by atoms with Crippen LogP contribution in [0.3, 0.4) is 0 Å². The van der Waals surface area contributed by atoms with Gasteiger partial charge in [-0.25, -0.2) is 5.43 Å². The number of nitrogens with zero attached hydrogens (tertiary/aromatic N) is 2. The topological polar surface area (TPSA) is 82.0 Å². The van der Waals surface area contributed by atoms with E-state index in [9.17, 15) is 4.79 Å². The zero-order valence-corrected chi connectivity index (χ0v) is 17.7. The zero-order chi connectivity index (χ0) is 21.9. The Morgan fingerprint density at radius 1 is 1.03 bits per heavy atom. The van der Waals surface area contributed by atoms with E-state index in [1.165, 1.54) is 6.21 Å². The van der Waals surface area contributed by atoms with Crippen LogP contribution in [0, 0.1) is 0 Å². The normalized spacial score (nSPS) is 10.6. The van der Waals surface area contributed by atoms with Crippen LogP contribution < -0.4 is 19.6 Å². The van der Waals surface area contributed by atoms with E-state index in [0.29, 0.717) is 41.7 Å². The molecule has 31 heavy (non-hydrogen) atoms. The highest BCUT2D eigenvalue weighted by molar-refractivity contribution is 6.30. The molecule has 0 bridgehead atoms. The largest absolute Gasteiger partial charge is 0.493 e. The molecule has 0 atom stereocenters. The second-order valence-corrected chi connectivity index (χ2v) is 6.79. The van der Waals surface area contributed by atoms with Gasteiger partial charge < -0.3 is 14.2 Å². The number of pyridine rings is 1. The van der Waals surface area contributed by atoms with Gasteiger partial charge in [-0.2, -0.15) is 5.10 Å². The maximum Gasteiger partial charge on any atom is 0.271 e. The standard InChI is InChI=1S/C23H22ClN3O4/c1-29-22-15-17(16-26-27-23(28)18-9-11-25-12-10-18)3-8-21(22)31-14-2-13-30-20-6-4-19(24)5-7-20/h3-12,15-16H,2,13-14H2,1H3,(H,27,28). The molecular formula is C23H22ClN3O4. The van der Waals surface area contributed by atoms with Crippen molar-refractivity contribution in [3.63, 3.8) is 0 Å². The average Bonchev–Trinajstić information content (AvgIpc) is 2.81. The van der Waals surface area contributed by atoms with Crippen molar-refractivity contribution >= 4 is 23.7 Å². The summed E-state index contributed by atoms with van der Waals surface area (Å²) in [4.78, 5) is 15.9. The molecular weight excluding hydrogens is 418 g/mol. The Kier molecular flexibility index (Phi) is 8.25. The molecule has 0 fully saturated rings. The lowest BCUT2D eigenvalue weighted by Crippen LogP contribution is -2.17. The Morgan fingerprint density at radius 3 is 2.52 bits per heavy atom. The van der Waals surface area contributed by atoms with Crippen molar-refractivity contribution in [2.45, 2.75) is 6.42 Å². The zero-order valence-electron chi connectivity index (χ0n) is 17.0. The molecule has 0 spiro atoms. The summed E-state index contributed by atoms with van der Waals surface area (Å²) >= 11 is 5.85. The monoisotopic (exact) mass is 439 g/mol. The van der Waals surface area contributed by atoms with E-state index in [2.05, 4.69) is 15.5 Å². The first kappa shape index (κ1) is 22.1. The third-order valence-corrected chi connectivity index (χ3v) is 4.39. The van der Waals surface area contributed by atoms with Crippen molar-refractivity contribution < 1.29 is 19.0 Å². The number of halogens is 1. The summed E-state index contributed by atoms with van der Waals surface area (Å²) < 4.78 is 16.8. The van der Waals surface area contributed by atoms with Crippen LogP contribution in [0.25, 0.3) is 0 Å². The summed E-state index contributed by atoms with van der Waals surface area (Å²) in [6.45, 7) is 0.991. The highest BCUT2D eigenvalue weighted by atomic mass is 35.5. The van der Waals surface area contributed by atoms with Gasteiger partial charge in [0.05, 0.1) is 26.5 Å². The first-order valence-corrected chi connectivity index (χ1v) is 9.96. The molecule has 8 heteroatoms. The molecule has 0 unspecified atom stereocenters. The highest BCUT2D eigenvalue weighted by Crippen LogP contribution is 2.27. The molecule has 0 saturated heterocycles. The first-order valence-electron chi connectivity index (χ1n) is 9.58. The molecule has 0 radical (unpaired) electrons. The van der Waals surface area contributed by atoms with Crippen molar-refractivity contribution in [2.24, 2.45) is 5.10 Å². The van der Waals surface area contributed by atoms with Crippen LogP contribution in [0.5, 0.6) is 17.2 Å². The van der Waals surface area contributed by atoms with Crippen molar-refractivity contribution in [2.75, 3.05) is 20.3 Å².